The third-order valence-electron chi connectivity index (χ3n) is 5.38. The summed E-state index contributed by atoms with van der Waals surface area (Å²) in [5.74, 6) is -0.117. The second-order valence-electron chi connectivity index (χ2n) is 7.30. The molecule has 1 unspecified atom stereocenters. The van der Waals surface area contributed by atoms with Gasteiger partial charge >= 0.3 is 7.12 Å². The molecule has 0 aromatic rings. The smallest absolute Gasteiger partial charge is 0.427 e. The summed E-state index contributed by atoms with van der Waals surface area (Å²) in [5.41, 5.74) is 11.1. The predicted molar refractivity (Wildman–Crippen MR) is 94.1 cm³/mol. The zero-order chi connectivity index (χ0) is 18.2. The van der Waals surface area contributed by atoms with Crippen molar-refractivity contribution in [2.75, 3.05) is 13.1 Å². The van der Waals surface area contributed by atoms with Crippen LogP contribution in [0.5, 0.6) is 0 Å². The number of hydrogen-bond donors (Lipinski definition) is 5. The van der Waals surface area contributed by atoms with Crippen molar-refractivity contribution in [1.82, 2.24) is 9.03 Å². The highest BCUT2D eigenvalue weighted by Crippen LogP contribution is 2.37. The molecule has 0 amide bonds. The Morgan fingerprint density at radius 1 is 1.46 bits per heavy atom. The van der Waals surface area contributed by atoms with Crippen molar-refractivity contribution >= 4 is 17.3 Å². The highest BCUT2D eigenvalue weighted by atomic mass is 32.2. The second-order valence-corrected chi connectivity index (χ2v) is 9.00. The number of nitrogens with two attached hydrogens (primary N) is 2. The fraction of sp³-hybridized carbons (Fsp3) is 0.857. The topological polar surface area (TPSA) is 142 Å². The lowest BCUT2D eigenvalue weighted by Crippen LogP contribution is -2.52. The highest BCUT2D eigenvalue weighted by molar-refractivity contribution is 7.87. The van der Waals surface area contributed by atoms with Crippen molar-refractivity contribution in [2.45, 2.75) is 56.0 Å². The predicted octanol–water partition coefficient (Wildman–Crippen LogP) is -1.23. The van der Waals surface area contributed by atoms with Gasteiger partial charge < -0.3 is 21.5 Å². The molecular formula is C14H29BN4O4S. The Morgan fingerprint density at radius 3 is 2.58 bits per heavy atom. The first-order chi connectivity index (χ1) is 11.0. The van der Waals surface area contributed by atoms with Gasteiger partial charge in [-0.2, -0.15) is 17.4 Å². The van der Waals surface area contributed by atoms with Crippen LogP contribution in [-0.4, -0.2) is 60.1 Å². The van der Waals surface area contributed by atoms with Crippen LogP contribution in [0.3, 0.4) is 0 Å². The molecule has 24 heavy (non-hydrogen) atoms. The van der Waals surface area contributed by atoms with Gasteiger partial charge in [0.15, 0.2) is 0 Å². The summed E-state index contributed by atoms with van der Waals surface area (Å²) in [7, 11) is -5.04. The summed E-state index contributed by atoms with van der Waals surface area (Å²) in [6.07, 6.45) is 4.62. The van der Waals surface area contributed by atoms with E-state index in [2.05, 4.69) is 11.3 Å². The Kier molecular flexibility index (Phi) is 5.81. The van der Waals surface area contributed by atoms with Crippen LogP contribution < -0.4 is 16.2 Å². The van der Waals surface area contributed by atoms with E-state index in [0.29, 0.717) is 12.8 Å². The van der Waals surface area contributed by atoms with Gasteiger partial charge in [0.25, 0.3) is 10.2 Å². The van der Waals surface area contributed by atoms with E-state index in [1.807, 2.05) is 0 Å². The Balaban J connectivity index is 2.01. The van der Waals surface area contributed by atoms with Crippen molar-refractivity contribution in [3.05, 3.63) is 12.7 Å². The lowest BCUT2D eigenvalue weighted by Gasteiger charge is -2.27. The molecule has 10 heteroatoms. The fourth-order valence-corrected chi connectivity index (χ4v) is 4.83. The van der Waals surface area contributed by atoms with Crippen LogP contribution in [0.15, 0.2) is 12.7 Å². The van der Waals surface area contributed by atoms with Crippen molar-refractivity contribution in [2.24, 2.45) is 17.4 Å². The average molecular weight is 360 g/mol. The van der Waals surface area contributed by atoms with Crippen molar-refractivity contribution in [3.63, 3.8) is 0 Å². The Labute approximate surface area is 144 Å². The van der Waals surface area contributed by atoms with Gasteiger partial charge in [0.2, 0.25) is 0 Å². The number of nitrogens with one attached hydrogen (secondary N) is 1. The molecule has 1 heterocycles. The zero-order valence-electron chi connectivity index (χ0n) is 14.2. The molecule has 138 valence electrons. The normalized spacial score (nSPS) is 31.0. The first-order valence-corrected chi connectivity index (χ1v) is 9.81. The standard InChI is InChI=1S/C14H29BN4O4S/c1-3-13(16)10-19(9-12(13)5-4-8-15(20)21)24(22,23)18-11(2)14(17)6-7-14/h3,11-12,18,20-21H,1,4-10,16-17H2,2H3/t11?,12-,13-/m0/s1. The molecule has 2 fully saturated rings. The first-order valence-electron chi connectivity index (χ1n) is 8.37. The Bertz CT molecular complexity index is 569. The van der Waals surface area contributed by atoms with E-state index in [-0.39, 0.29) is 31.4 Å². The maximum absolute atomic E-state index is 12.6. The summed E-state index contributed by atoms with van der Waals surface area (Å²) < 4.78 is 29.3. The van der Waals surface area contributed by atoms with Gasteiger partial charge in [0.1, 0.15) is 0 Å². The maximum atomic E-state index is 12.6. The largest absolute Gasteiger partial charge is 0.451 e. The van der Waals surface area contributed by atoms with E-state index in [9.17, 15) is 8.42 Å². The van der Waals surface area contributed by atoms with E-state index in [4.69, 9.17) is 21.5 Å². The lowest BCUT2D eigenvalue weighted by atomic mass is 9.78. The molecule has 2 aliphatic rings. The van der Waals surface area contributed by atoms with Gasteiger partial charge in [-0.25, -0.2) is 0 Å². The monoisotopic (exact) mass is 360 g/mol. The third-order valence-corrected chi connectivity index (χ3v) is 6.99. The van der Waals surface area contributed by atoms with Crippen LogP contribution >= 0.6 is 0 Å². The Morgan fingerprint density at radius 2 is 2.08 bits per heavy atom. The van der Waals surface area contributed by atoms with E-state index >= 15 is 0 Å². The summed E-state index contributed by atoms with van der Waals surface area (Å²) >= 11 is 0. The van der Waals surface area contributed by atoms with Crippen molar-refractivity contribution in [1.29, 1.82) is 0 Å². The molecule has 0 aromatic carbocycles. The van der Waals surface area contributed by atoms with Gasteiger partial charge in [-0.15, -0.1) is 6.58 Å². The molecule has 8 nitrogen and oxygen atoms in total. The van der Waals surface area contributed by atoms with E-state index in [1.165, 1.54) is 4.31 Å². The molecule has 1 saturated carbocycles. The quantitative estimate of drug-likeness (QED) is 0.257. The summed E-state index contributed by atoms with van der Waals surface area (Å²) in [6.45, 7) is 5.97. The zero-order valence-corrected chi connectivity index (χ0v) is 15.0. The summed E-state index contributed by atoms with van der Waals surface area (Å²) in [4.78, 5) is 0. The SMILES string of the molecule is C=C[C@]1(N)CN(S(=O)(=O)NC(C)C2(N)CC2)C[C@@H]1CCCB(O)O. The molecule has 0 aromatic heterocycles. The molecule has 3 atom stereocenters. The number of hydrogen-bond acceptors (Lipinski definition) is 6. The minimum Gasteiger partial charge on any atom is -0.427 e. The molecular weight excluding hydrogens is 331 g/mol. The van der Waals surface area contributed by atoms with Gasteiger partial charge in [0, 0.05) is 24.7 Å². The van der Waals surface area contributed by atoms with Crippen molar-refractivity contribution < 1.29 is 18.5 Å². The van der Waals surface area contributed by atoms with Gasteiger partial charge in [0.05, 0.1) is 5.54 Å². The molecule has 1 aliphatic carbocycles. The molecule has 2 rings (SSSR count). The van der Waals surface area contributed by atoms with E-state index in [1.54, 1.807) is 13.0 Å². The van der Waals surface area contributed by atoms with Crippen LogP contribution in [0.1, 0.15) is 32.6 Å². The van der Waals surface area contributed by atoms with Crippen LogP contribution in [0.4, 0.5) is 0 Å². The Hall–Kier alpha value is -0.485. The molecule has 0 radical (unpaired) electrons. The number of rotatable bonds is 9. The van der Waals surface area contributed by atoms with E-state index in [0.717, 1.165) is 12.8 Å². The van der Waals surface area contributed by atoms with Crippen molar-refractivity contribution in [3.8, 4) is 0 Å². The molecule has 7 N–H and O–H groups in total. The van der Waals surface area contributed by atoms with Crippen LogP contribution in [0.25, 0.3) is 0 Å². The van der Waals surface area contributed by atoms with Crippen LogP contribution in [0, 0.1) is 5.92 Å². The minimum absolute atomic E-state index is 0.117. The first kappa shape index (κ1) is 19.8. The lowest BCUT2D eigenvalue weighted by molar-refractivity contribution is 0.370. The van der Waals surface area contributed by atoms with Gasteiger partial charge in [-0.05, 0) is 38.4 Å². The molecule has 0 bridgehead atoms. The van der Waals surface area contributed by atoms with E-state index < -0.39 is 28.4 Å². The van der Waals surface area contributed by atoms with Gasteiger partial charge in [-0.1, -0.05) is 12.5 Å². The average Bonchev–Trinajstić information content (AvgIpc) is 3.14. The number of nitrogens with zero attached hydrogens (tertiary/aromatic N) is 1. The summed E-state index contributed by atoms with van der Waals surface area (Å²) in [5, 5.41) is 17.9. The maximum Gasteiger partial charge on any atom is 0.451 e. The van der Waals surface area contributed by atoms with Crippen LogP contribution in [-0.2, 0) is 10.2 Å². The second kappa shape index (κ2) is 7.03. The van der Waals surface area contributed by atoms with Gasteiger partial charge in [-0.3, -0.25) is 0 Å². The van der Waals surface area contributed by atoms with Crippen LogP contribution in [0.2, 0.25) is 6.32 Å². The highest BCUT2D eigenvalue weighted by Gasteiger charge is 2.49. The minimum atomic E-state index is -3.68. The fourth-order valence-electron chi connectivity index (χ4n) is 3.23. The molecule has 0 spiro atoms. The summed E-state index contributed by atoms with van der Waals surface area (Å²) in [6, 6.07) is -0.331. The molecule has 1 aliphatic heterocycles. The third kappa shape index (κ3) is 4.37. The molecule has 1 saturated heterocycles.